The quantitative estimate of drug-likeness (QED) is 0.799. The summed E-state index contributed by atoms with van der Waals surface area (Å²) in [4.78, 5) is 24.8. The molecule has 1 N–H and O–H groups in total. The van der Waals surface area contributed by atoms with Gasteiger partial charge in [0.25, 0.3) is 0 Å². The highest BCUT2D eigenvalue weighted by Gasteiger charge is 2.38. The molecule has 0 unspecified atom stereocenters. The minimum Gasteiger partial charge on any atom is -0.461 e. The zero-order chi connectivity index (χ0) is 19.4. The maximum Gasteiger partial charge on any atom is 0.338 e. The van der Waals surface area contributed by atoms with Crippen molar-refractivity contribution in [2.75, 3.05) is 6.54 Å². The lowest BCUT2D eigenvalue weighted by Gasteiger charge is -2.37. The van der Waals surface area contributed by atoms with Gasteiger partial charge in [0.2, 0.25) is 0 Å². The molecule has 3 rings (SSSR count). The molecule has 5 nitrogen and oxygen atoms in total. The molecule has 0 amide bonds. The average Bonchev–Trinajstić information content (AvgIpc) is 3.11. The van der Waals surface area contributed by atoms with Gasteiger partial charge >= 0.3 is 11.9 Å². The fourth-order valence-corrected chi connectivity index (χ4v) is 4.25. The predicted octanol–water partition coefficient (Wildman–Crippen LogP) is 3.58. The lowest BCUT2D eigenvalue weighted by atomic mass is 9.75. The summed E-state index contributed by atoms with van der Waals surface area (Å²) in [5.41, 5.74) is 0.527. The average molecular weight is 373 g/mol. The number of hydrogen-bond donors (Lipinski definition) is 1. The molecule has 2 fully saturated rings. The number of hydrogen-bond acceptors (Lipinski definition) is 5. The van der Waals surface area contributed by atoms with E-state index in [4.69, 9.17) is 9.47 Å². The van der Waals surface area contributed by atoms with E-state index in [1.165, 1.54) is 6.42 Å². The molecule has 1 aliphatic carbocycles. The molecule has 5 atom stereocenters. The van der Waals surface area contributed by atoms with Crippen LogP contribution in [0, 0.1) is 17.8 Å². The molecule has 0 spiro atoms. The molecule has 27 heavy (non-hydrogen) atoms. The number of carbonyl (C=O) groups is 2. The van der Waals surface area contributed by atoms with Gasteiger partial charge in [0, 0.05) is 13.0 Å². The molecule has 5 heteroatoms. The molecular formula is C22H31NO4. The van der Waals surface area contributed by atoms with Gasteiger partial charge in [0.15, 0.2) is 0 Å². The lowest BCUT2D eigenvalue weighted by molar-refractivity contribution is -0.158. The number of rotatable bonds is 5. The highest BCUT2D eigenvalue weighted by Crippen LogP contribution is 2.35. The largest absolute Gasteiger partial charge is 0.461 e. The number of ether oxygens (including phenoxy) is 2. The Morgan fingerprint density at radius 1 is 1.07 bits per heavy atom. The normalized spacial score (nSPS) is 30.9. The van der Waals surface area contributed by atoms with E-state index in [1.807, 2.05) is 6.07 Å². The van der Waals surface area contributed by atoms with Gasteiger partial charge in [-0.15, -0.1) is 0 Å². The van der Waals surface area contributed by atoms with Crippen molar-refractivity contribution in [2.24, 2.45) is 17.8 Å². The van der Waals surface area contributed by atoms with Crippen LogP contribution in [0.1, 0.15) is 56.8 Å². The van der Waals surface area contributed by atoms with E-state index < -0.39 is 6.04 Å². The van der Waals surface area contributed by atoms with Crippen LogP contribution in [0.25, 0.3) is 0 Å². The second kappa shape index (κ2) is 8.87. The highest BCUT2D eigenvalue weighted by molar-refractivity contribution is 5.89. The second-order valence-electron chi connectivity index (χ2n) is 8.39. The van der Waals surface area contributed by atoms with E-state index in [-0.39, 0.29) is 24.1 Å². The van der Waals surface area contributed by atoms with E-state index >= 15 is 0 Å². The van der Waals surface area contributed by atoms with Crippen LogP contribution in [0.4, 0.5) is 0 Å². The van der Waals surface area contributed by atoms with Gasteiger partial charge in [0.05, 0.1) is 5.56 Å². The molecule has 1 saturated carbocycles. The number of carbonyl (C=O) groups excluding carboxylic acids is 2. The fraction of sp³-hybridized carbons (Fsp3) is 0.636. The first-order valence-electron chi connectivity index (χ1n) is 10.1. The smallest absolute Gasteiger partial charge is 0.338 e. The second-order valence-corrected chi connectivity index (χ2v) is 8.39. The molecule has 1 saturated heterocycles. The maximum atomic E-state index is 12.7. The molecule has 0 radical (unpaired) electrons. The zero-order valence-corrected chi connectivity index (χ0v) is 16.5. The van der Waals surface area contributed by atoms with Gasteiger partial charge in [-0.2, -0.15) is 0 Å². The maximum absolute atomic E-state index is 12.7. The van der Waals surface area contributed by atoms with Crippen molar-refractivity contribution in [2.45, 2.75) is 64.7 Å². The summed E-state index contributed by atoms with van der Waals surface area (Å²) in [6, 6.07) is 8.53. The number of benzene rings is 1. The molecule has 148 valence electrons. The molecule has 0 bridgehead atoms. The first-order chi connectivity index (χ1) is 12.9. The molecule has 1 aromatic carbocycles. The molecule has 1 aromatic rings. The summed E-state index contributed by atoms with van der Waals surface area (Å²) in [6.07, 6.45) is 3.41. The van der Waals surface area contributed by atoms with Crippen LogP contribution in [0.5, 0.6) is 0 Å². The van der Waals surface area contributed by atoms with E-state index in [0.717, 1.165) is 12.8 Å². The Kier molecular flexibility index (Phi) is 6.53. The summed E-state index contributed by atoms with van der Waals surface area (Å²) in [7, 11) is 0. The Morgan fingerprint density at radius 2 is 1.81 bits per heavy atom. The van der Waals surface area contributed by atoms with Crippen molar-refractivity contribution < 1.29 is 19.1 Å². The zero-order valence-electron chi connectivity index (χ0n) is 16.5. The number of nitrogens with one attached hydrogen (secondary N) is 1. The summed E-state index contributed by atoms with van der Waals surface area (Å²) >= 11 is 0. The Morgan fingerprint density at radius 3 is 2.52 bits per heavy atom. The van der Waals surface area contributed by atoms with E-state index in [9.17, 15) is 9.59 Å². The Labute approximate surface area is 161 Å². The third-order valence-electron chi connectivity index (χ3n) is 5.89. The standard InChI is InChI=1S/C22H31NO4/c1-14(2)18-10-9-15(3)11-20(18)27-22(25)19-12-17(13-23-19)26-21(24)16-7-5-4-6-8-16/h4-8,14-15,17-20,23H,9-13H2,1-3H3/t15-,17+,18+,19+,20-/m1/s1. The SMILES string of the molecule is CC(C)[C@@H]1CC[C@@H](C)C[C@H]1OC(=O)[C@@H]1C[C@H](OC(=O)c2ccccc2)CN1. The monoisotopic (exact) mass is 373 g/mol. The summed E-state index contributed by atoms with van der Waals surface area (Å²) in [5.74, 6) is 0.967. The van der Waals surface area contributed by atoms with E-state index in [1.54, 1.807) is 24.3 Å². The molecule has 2 aliphatic rings. The van der Waals surface area contributed by atoms with Crippen molar-refractivity contribution in [3.63, 3.8) is 0 Å². The van der Waals surface area contributed by atoms with Gasteiger partial charge < -0.3 is 14.8 Å². The molecular weight excluding hydrogens is 342 g/mol. The van der Waals surface area contributed by atoms with Gasteiger partial charge in [0.1, 0.15) is 18.2 Å². The van der Waals surface area contributed by atoms with Crippen LogP contribution >= 0.6 is 0 Å². The Hall–Kier alpha value is -1.88. The van der Waals surface area contributed by atoms with Crippen molar-refractivity contribution in [1.82, 2.24) is 5.32 Å². The van der Waals surface area contributed by atoms with E-state index in [0.29, 0.717) is 36.3 Å². The Balaban J connectivity index is 1.52. The molecule has 1 heterocycles. The third kappa shape index (κ3) is 5.10. The molecule has 1 aliphatic heterocycles. The van der Waals surface area contributed by atoms with Crippen LogP contribution in [-0.4, -0.2) is 36.7 Å². The van der Waals surface area contributed by atoms with Crippen LogP contribution in [0.3, 0.4) is 0 Å². The van der Waals surface area contributed by atoms with E-state index in [2.05, 4.69) is 26.1 Å². The van der Waals surface area contributed by atoms with Crippen LogP contribution in [0.15, 0.2) is 30.3 Å². The van der Waals surface area contributed by atoms with Crippen molar-refractivity contribution in [3.05, 3.63) is 35.9 Å². The first kappa shape index (κ1) is 19.9. The van der Waals surface area contributed by atoms with Gasteiger partial charge in [-0.05, 0) is 42.7 Å². The summed E-state index contributed by atoms with van der Waals surface area (Å²) in [6.45, 7) is 7.11. The fourth-order valence-electron chi connectivity index (χ4n) is 4.25. The summed E-state index contributed by atoms with van der Waals surface area (Å²) < 4.78 is 11.5. The van der Waals surface area contributed by atoms with Crippen molar-refractivity contribution >= 4 is 11.9 Å². The Bertz CT molecular complexity index is 645. The van der Waals surface area contributed by atoms with Gasteiger partial charge in [-0.3, -0.25) is 4.79 Å². The third-order valence-corrected chi connectivity index (χ3v) is 5.89. The number of esters is 2. The predicted molar refractivity (Wildman–Crippen MR) is 103 cm³/mol. The van der Waals surface area contributed by atoms with Crippen molar-refractivity contribution in [1.29, 1.82) is 0 Å². The minimum absolute atomic E-state index is 0.00558. The molecule has 0 aromatic heterocycles. The van der Waals surface area contributed by atoms with Gasteiger partial charge in [-0.25, -0.2) is 4.79 Å². The van der Waals surface area contributed by atoms with Gasteiger partial charge in [-0.1, -0.05) is 45.4 Å². The van der Waals surface area contributed by atoms with Crippen LogP contribution in [0.2, 0.25) is 0 Å². The lowest BCUT2D eigenvalue weighted by Crippen LogP contribution is -2.40. The van der Waals surface area contributed by atoms with Crippen LogP contribution < -0.4 is 5.32 Å². The topological polar surface area (TPSA) is 64.6 Å². The van der Waals surface area contributed by atoms with Crippen LogP contribution in [-0.2, 0) is 14.3 Å². The highest BCUT2D eigenvalue weighted by atomic mass is 16.6. The first-order valence-corrected chi connectivity index (χ1v) is 10.1. The minimum atomic E-state index is -0.399. The summed E-state index contributed by atoms with van der Waals surface area (Å²) in [5, 5.41) is 3.16. The van der Waals surface area contributed by atoms with Crippen molar-refractivity contribution in [3.8, 4) is 0 Å².